The van der Waals surface area contributed by atoms with Gasteiger partial charge >= 0.3 is 11.8 Å². The van der Waals surface area contributed by atoms with Gasteiger partial charge in [0.05, 0.1) is 17.8 Å². The van der Waals surface area contributed by atoms with Gasteiger partial charge in [0, 0.05) is 12.2 Å². The molecule has 32 heavy (non-hydrogen) atoms. The molecule has 0 unspecified atom stereocenters. The lowest BCUT2D eigenvalue weighted by atomic mass is 10.1. The molecule has 0 radical (unpaired) electrons. The average Bonchev–Trinajstić information content (AvgIpc) is 2.75. The van der Waals surface area contributed by atoms with Gasteiger partial charge < -0.3 is 20.1 Å². The van der Waals surface area contributed by atoms with Crippen molar-refractivity contribution in [3.63, 3.8) is 0 Å². The minimum absolute atomic E-state index is 0.224. The fourth-order valence-electron chi connectivity index (χ4n) is 2.57. The molecule has 0 bridgehead atoms. The normalized spacial score (nSPS) is 10.5. The number of likely N-dealkylation sites (N-methyl/N-ethyl adjacent to an activating group) is 1. The smallest absolute Gasteiger partial charge is 0.329 e. The summed E-state index contributed by atoms with van der Waals surface area (Å²) in [6.07, 6.45) is 1.35. The molecule has 170 valence electrons. The number of nitrogens with one attached hydrogen (secondary N) is 3. The molecule has 9 nitrogen and oxygen atoms in total. The third-order valence-corrected chi connectivity index (χ3v) is 4.90. The van der Waals surface area contributed by atoms with Crippen LogP contribution in [-0.2, 0) is 14.4 Å². The van der Waals surface area contributed by atoms with Gasteiger partial charge in [-0.05, 0) is 77.7 Å². The number of hydrogen-bond acceptors (Lipinski definition) is 6. The molecule has 0 aliphatic rings. The number of rotatable bonds is 8. The van der Waals surface area contributed by atoms with E-state index in [1.807, 2.05) is 32.0 Å². The van der Waals surface area contributed by atoms with Gasteiger partial charge in [-0.2, -0.15) is 5.10 Å². The Morgan fingerprint density at radius 3 is 2.50 bits per heavy atom. The van der Waals surface area contributed by atoms with Crippen LogP contribution in [0, 0.1) is 13.8 Å². The number of hydrazone groups is 1. The average molecular weight is 505 g/mol. The fraction of sp³-hybridized carbons (Fsp3) is 0.273. The second kappa shape index (κ2) is 11.8. The molecular formula is C22H25BrN4O5. The van der Waals surface area contributed by atoms with Gasteiger partial charge in [0.2, 0.25) is 0 Å². The first-order chi connectivity index (χ1) is 15.2. The molecule has 3 amide bonds. The highest BCUT2D eigenvalue weighted by molar-refractivity contribution is 9.10. The summed E-state index contributed by atoms with van der Waals surface area (Å²) in [6.45, 7) is 5.79. The van der Waals surface area contributed by atoms with Crippen molar-refractivity contribution >= 4 is 45.6 Å². The topological polar surface area (TPSA) is 118 Å². The van der Waals surface area contributed by atoms with Gasteiger partial charge in [-0.3, -0.25) is 14.4 Å². The van der Waals surface area contributed by atoms with E-state index in [1.54, 1.807) is 19.1 Å². The number of anilines is 1. The van der Waals surface area contributed by atoms with Gasteiger partial charge in [-0.25, -0.2) is 5.43 Å². The summed E-state index contributed by atoms with van der Waals surface area (Å²) in [5, 5.41) is 8.92. The van der Waals surface area contributed by atoms with Crippen LogP contribution in [0.25, 0.3) is 0 Å². The zero-order chi connectivity index (χ0) is 23.7. The molecule has 0 atom stereocenters. The molecule has 0 aliphatic heterocycles. The molecule has 0 saturated heterocycles. The Labute approximate surface area is 194 Å². The lowest BCUT2D eigenvalue weighted by Crippen LogP contribution is -2.37. The summed E-state index contributed by atoms with van der Waals surface area (Å²) in [5.74, 6) is -1.27. The van der Waals surface area contributed by atoms with E-state index in [2.05, 4.69) is 37.1 Å². The predicted octanol–water partition coefficient (Wildman–Crippen LogP) is 2.68. The van der Waals surface area contributed by atoms with Gasteiger partial charge in [0.25, 0.3) is 5.91 Å². The molecule has 2 aromatic carbocycles. The van der Waals surface area contributed by atoms with Crippen molar-refractivity contribution in [2.24, 2.45) is 5.10 Å². The molecule has 2 rings (SSSR count). The Kier molecular flexibility index (Phi) is 9.21. The summed E-state index contributed by atoms with van der Waals surface area (Å²) in [6, 6.07) is 8.94. The maximum absolute atomic E-state index is 12.3. The van der Waals surface area contributed by atoms with Crippen molar-refractivity contribution < 1.29 is 23.9 Å². The summed E-state index contributed by atoms with van der Waals surface area (Å²) in [7, 11) is 1.46. The van der Waals surface area contributed by atoms with Crippen molar-refractivity contribution in [1.29, 1.82) is 0 Å². The minimum atomic E-state index is -0.871. The number of amides is 3. The zero-order valence-corrected chi connectivity index (χ0v) is 19.8. The molecule has 10 heteroatoms. The molecule has 0 fully saturated rings. The summed E-state index contributed by atoms with van der Waals surface area (Å²) in [5.41, 5.74) is 5.61. The molecule has 0 heterocycles. The first-order valence-electron chi connectivity index (χ1n) is 9.73. The number of benzene rings is 2. The van der Waals surface area contributed by atoms with Crippen molar-refractivity contribution in [3.05, 3.63) is 51.5 Å². The van der Waals surface area contributed by atoms with Crippen LogP contribution in [0.2, 0.25) is 0 Å². The molecular weight excluding hydrogens is 480 g/mol. The number of ether oxygens (including phenoxy) is 2. The van der Waals surface area contributed by atoms with Crippen LogP contribution in [0.4, 0.5) is 5.69 Å². The quantitative estimate of drug-likeness (QED) is 0.290. The maximum atomic E-state index is 12.3. The molecule has 0 spiro atoms. The number of hydrogen-bond donors (Lipinski definition) is 3. The minimum Gasteiger partial charge on any atom is -0.493 e. The van der Waals surface area contributed by atoms with Gasteiger partial charge in [0.15, 0.2) is 18.1 Å². The Morgan fingerprint density at radius 1 is 1.09 bits per heavy atom. The van der Waals surface area contributed by atoms with E-state index in [9.17, 15) is 14.4 Å². The molecule has 0 saturated carbocycles. The van der Waals surface area contributed by atoms with Crippen molar-refractivity contribution in [2.45, 2.75) is 20.8 Å². The summed E-state index contributed by atoms with van der Waals surface area (Å²) in [4.78, 5) is 35.2. The Morgan fingerprint density at radius 2 is 1.84 bits per heavy atom. The zero-order valence-electron chi connectivity index (χ0n) is 18.2. The Hall–Kier alpha value is -3.40. The number of carbonyl (C=O) groups excluding carboxylic acids is 3. The van der Waals surface area contributed by atoms with E-state index in [-0.39, 0.29) is 12.5 Å². The third-order valence-electron chi connectivity index (χ3n) is 4.31. The summed E-state index contributed by atoms with van der Waals surface area (Å²) < 4.78 is 11.5. The molecule has 2 aromatic rings. The highest BCUT2D eigenvalue weighted by atomic mass is 79.9. The van der Waals surface area contributed by atoms with Gasteiger partial charge in [-0.15, -0.1) is 0 Å². The van der Waals surface area contributed by atoms with Crippen LogP contribution < -0.4 is 25.5 Å². The Balaban J connectivity index is 2.02. The molecule has 3 N–H and O–H groups in total. The lowest BCUT2D eigenvalue weighted by molar-refractivity contribution is -0.139. The number of methoxy groups -OCH3 is 1. The van der Waals surface area contributed by atoms with Gasteiger partial charge in [0.1, 0.15) is 0 Å². The fourth-order valence-corrected chi connectivity index (χ4v) is 3.14. The van der Waals surface area contributed by atoms with E-state index < -0.39 is 11.8 Å². The second-order valence-corrected chi connectivity index (χ2v) is 7.58. The van der Waals surface area contributed by atoms with E-state index in [0.717, 1.165) is 11.1 Å². The number of aryl methyl sites for hydroxylation is 2. The largest absolute Gasteiger partial charge is 0.493 e. The van der Waals surface area contributed by atoms with Crippen molar-refractivity contribution in [2.75, 3.05) is 25.6 Å². The highest BCUT2D eigenvalue weighted by Crippen LogP contribution is 2.36. The van der Waals surface area contributed by atoms with Crippen LogP contribution >= 0.6 is 15.9 Å². The van der Waals surface area contributed by atoms with Crippen LogP contribution in [0.1, 0.15) is 23.6 Å². The van der Waals surface area contributed by atoms with Crippen LogP contribution in [0.15, 0.2) is 39.9 Å². The number of halogens is 1. The van der Waals surface area contributed by atoms with Crippen molar-refractivity contribution in [3.8, 4) is 11.5 Å². The van der Waals surface area contributed by atoms with E-state index in [0.29, 0.717) is 33.8 Å². The highest BCUT2D eigenvalue weighted by Gasteiger charge is 2.14. The van der Waals surface area contributed by atoms with Crippen LogP contribution in [0.5, 0.6) is 11.5 Å². The first-order valence-corrected chi connectivity index (χ1v) is 10.5. The third kappa shape index (κ3) is 7.09. The predicted molar refractivity (Wildman–Crippen MR) is 125 cm³/mol. The molecule has 0 aliphatic carbocycles. The standard InChI is InChI=1S/C22H25BrN4O5/c1-5-24-21(29)22(30)27-25-11-15-9-17(23)20(18(10-15)31-4)32-12-19(28)26-16-7-6-13(2)14(3)8-16/h6-11H,5,12H2,1-4H3,(H,24,29)(H,26,28)(H,27,30)/b25-11-. The first kappa shape index (κ1) is 24.9. The van der Waals surface area contributed by atoms with E-state index >= 15 is 0 Å². The lowest BCUT2D eigenvalue weighted by Gasteiger charge is -2.14. The van der Waals surface area contributed by atoms with E-state index in [1.165, 1.54) is 13.3 Å². The SMILES string of the molecule is CCNC(=O)C(=O)N/N=C\c1cc(Br)c(OCC(=O)Nc2ccc(C)c(C)c2)c(OC)c1. The number of carbonyl (C=O) groups is 3. The monoisotopic (exact) mass is 504 g/mol. The van der Waals surface area contributed by atoms with E-state index in [4.69, 9.17) is 9.47 Å². The van der Waals surface area contributed by atoms with Gasteiger partial charge in [-0.1, -0.05) is 6.07 Å². The summed E-state index contributed by atoms with van der Waals surface area (Å²) >= 11 is 3.39. The van der Waals surface area contributed by atoms with Crippen LogP contribution in [-0.4, -0.2) is 44.2 Å². The maximum Gasteiger partial charge on any atom is 0.329 e. The van der Waals surface area contributed by atoms with Crippen LogP contribution in [0.3, 0.4) is 0 Å². The number of nitrogens with zero attached hydrogens (tertiary/aromatic N) is 1. The second-order valence-electron chi connectivity index (χ2n) is 6.73. The Bertz CT molecular complexity index is 1040. The van der Waals surface area contributed by atoms with Crippen molar-refractivity contribution in [1.82, 2.24) is 10.7 Å². The molecule has 0 aromatic heterocycles.